The maximum atomic E-state index is 12.9. The quantitative estimate of drug-likeness (QED) is 0.450. The molecule has 160 valence electrons. The lowest BCUT2D eigenvalue weighted by Gasteiger charge is -2.22. The Labute approximate surface area is 189 Å². The summed E-state index contributed by atoms with van der Waals surface area (Å²) >= 11 is 1.81. The molecule has 0 aliphatic carbocycles. The molecular formula is C23H21ClFN3O2S. The van der Waals surface area contributed by atoms with Crippen LogP contribution in [-0.4, -0.2) is 28.0 Å². The second-order valence-corrected chi connectivity index (χ2v) is 8.64. The van der Waals surface area contributed by atoms with Gasteiger partial charge in [-0.1, -0.05) is 6.07 Å². The van der Waals surface area contributed by atoms with Crippen LogP contribution in [0.15, 0.2) is 59.7 Å². The van der Waals surface area contributed by atoms with E-state index in [-0.39, 0.29) is 24.6 Å². The van der Waals surface area contributed by atoms with Gasteiger partial charge in [0.05, 0.1) is 17.6 Å². The standard InChI is InChI=1S/C23H20FN3O2S.ClH/c1-26-8-7-20-19-5-4-17(10-21(19)30-22(20)13-26)27-9-6-18(11-23(27)28)29-14-16-3-2-15(24)12-25-16;/h2-6,9-12H,7-8,13-14H2,1H3;1H. The minimum atomic E-state index is -0.392. The molecule has 0 unspecified atom stereocenters. The van der Waals surface area contributed by atoms with E-state index in [4.69, 9.17) is 4.74 Å². The van der Waals surface area contributed by atoms with Crippen molar-refractivity contribution < 1.29 is 9.13 Å². The molecule has 0 saturated heterocycles. The molecule has 31 heavy (non-hydrogen) atoms. The largest absolute Gasteiger partial charge is 0.487 e. The number of likely N-dealkylation sites (N-methyl/N-ethyl adjacent to an activating group) is 1. The van der Waals surface area contributed by atoms with Crippen LogP contribution in [0.1, 0.15) is 16.1 Å². The van der Waals surface area contributed by atoms with Crippen LogP contribution in [0.25, 0.3) is 15.8 Å². The third-order valence-corrected chi connectivity index (χ3v) is 6.54. The molecular weight excluding hydrogens is 437 g/mol. The fourth-order valence-electron chi connectivity index (χ4n) is 3.78. The van der Waals surface area contributed by atoms with E-state index in [1.807, 2.05) is 17.4 Å². The Morgan fingerprint density at radius 2 is 2.06 bits per heavy atom. The Bertz CT molecular complexity index is 1290. The summed E-state index contributed by atoms with van der Waals surface area (Å²) in [7, 11) is 2.15. The molecule has 0 saturated carbocycles. The average Bonchev–Trinajstić information content (AvgIpc) is 3.10. The monoisotopic (exact) mass is 457 g/mol. The van der Waals surface area contributed by atoms with Gasteiger partial charge in [0.25, 0.3) is 5.56 Å². The zero-order valence-electron chi connectivity index (χ0n) is 16.9. The molecule has 5 nitrogen and oxygen atoms in total. The fraction of sp³-hybridized carbons (Fsp3) is 0.217. The normalized spacial score (nSPS) is 13.6. The highest BCUT2D eigenvalue weighted by atomic mass is 35.5. The predicted octanol–water partition coefficient (Wildman–Crippen LogP) is 4.58. The van der Waals surface area contributed by atoms with Gasteiger partial charge in [-0.3, -0.25) is 14.3 Å². The molecule has 1 aromatic carbocycles. The van der Waals surface area contributed by atoms with Crippen molar-refractivity contribution in [1.82, 2.24) is 14.5 Å². The molecule has 4 aromatic rings. The lowest BCUT2D eigenvalue weighted by atomic mass is 10.0. The highest BCUT2D eigenvalue weighted by molar-refractivity contribution is 7.19. The van der Waals surface area contributed by atoms with Gasteiger partial charge in [0, 0.05) is 34.9 Å². The second-order valence-electron chi connectivity index (χ2n) is 7.50. The maximum Gasteiger partial charge on any atom is 0.258 e. The Kier molecular flexibility index (Phi) is 6.09. The first-order valence-electron chi connectivity index (χ1n) is 9.76. The number of benzene rings is 1. The molecule has 0 spiro atoms. The molecule has 1 aliphatic heterocycles. The number of ether oxygens (including phenoxy) is 1. The first kappa shape index (κ1) is 21.5. The lowest BCUT2D eigenvalue weighted by Crippen LogP contribution is -2.25. The number of nitrogens with zero attached hydrogens (tertiary/aromatic N) is 3. The van der Waals surface area contributed by atoms with Gasteiger partial charge in [-0.25, -0.2) is 4.39 Å². The van der Waals surface area contributed by atoms with Gasteiger partial charge >= 0.3 is 0 Å². The fourth-order valence-corrected chi connectivity index (χ4v) is 5.15. The van der Waals surface area contributed by atoms with E-state index in [1.54, 1.807) is 22.9 Å². The van der Waals surface area contributed by atoms with Crippen molar-refractivity contribution in [2.24, 2.45) is 0 Å². The third-order valence-electron chi connectivity index (χ3n) is 5.36. The van der Waals surface area contributed by atoms with Crippen LogP contribution in [0.5, 0.6) is 5.75 Å². The summed E-state index contributed by atoms with van der Waals surface area (Å²) in [6.45, 7) is 2.23. The van der Waals surface area contributed by atoms with Crippen LogP contribution in [-0.2, 0) is 19.6 Å². The van der Waals surface area contributed by atoms with Crippen molar-refractivity contribution in [1.29, 1.82) is 0 Å². The first-order valence-corrected chi connectivity index (χ1v) is 10.6. The number of rotatable bonds is 4. The van der Waals surface area contributed by atoms with E-state index in [2.05, 4.69) is 29.1 Å². The summed E-state index contributed by atoms with van der Waals surface area (Å²) < 4.78 is 21.4. The van der Waals surface area contributed by atoms with E-state index >= 15 is 0 Å². The molecule has 0 amide bonds. The van der Waals surface area contributed by atoms with Gasteiger partial charge in [0.2, 0.25) is 0 Å². The van der Waals surface area contributed by atoms with Gasteiger partial charge in [-0.05, 0) is 54.8 Å². The summed E-state index contributed by atoms with van der Waals surface area (Å²) in [6, 6.07) is 12.3. The van der Waals surface area contributed by atoms with Gasteiger partial charge in [0.1, 0.15) is 18.2 Å². The zero-order chi connectivity index (χ0) is 20.7. The Morgan fingerprint density at radius 1 is 1.19 bits per heavy atom. The molecule has 0 bridgehead atoms. The molecule has 0 atom stereocenters. The van der Waals surface area contributed by atoms with E-state index in [9.17, 15) is 9.18 Å². The molecule has 0 fully saturated rings. The Hall–Kier alpha value is -2.74. The summed E-state index contributed by atoms with van der Waals surface area (Å²) in [5, 5.41) is 1.30. The summed E-state index contributed by atoms with van der Waals surface area (Å²) in [4.78, 5) is 20.4. The predicted molar refractivity (Wildman–Crippen MR) is 123 cm³/mol. The van der Waals surface area contributed by atoms with Crippen LogP contribution >= 0.6 is 23.7 Å². The molecule has 1 aliphatic rings. The van der Waals surface area contributed by atoms with Crippen LogP contribution in [0.4, 0.5) is 4.39 Å². The average molecular weight is 458 g/mol. The van der Waals surface area contributed by atoms with Crippen molar-refractivity contribution in [2.75, 3.05) is 13.6 Å². The number of fused-ring (bicyclic) bond motifs is 3. The van der Waals surface area contributed by atoms with Crippen molar-refractivity contribution in [2.45, 2.75) is 19.6 Å². The number of hydrogen-bond acceptors (Lipinski definition) is 5. The van der Waals surface area contributed by atoms with Gasteiger partial charge in [0.15, 0.2) is 0 Å². The van der Waals surface area contributed by atoms with E-state index in [1.165, 1.54) is 32.7 Å². The number of halogens is 2. The van der Waals surface area contributed by atoms with Gasteiger partial charge in [-0.2, -0.15) is 0 Å². The lowest BCUT2D eigenvalue weighted by molar-refractivity contribution is 0.300. The number of thiophene rings is 1. The second kappa shape index (κ2) is 8.78. The third kappa shape index (κ3) is 4.35. The smallest absolute Gasteiger partial charge is 0.258 e. The van der Waals surface area contributed by atoms with Gasteiger partial charge in [-0.15, -0.1) is 23.7 Å². The highest BCUT2D eigenvalue weighted by Crippen LogP contribution is 2.35. The molecule has 8 heteroatoms. The van der Waals surface area contributed by atoms with E-state index in [0.717, 1.165) is 31.4 Å². The first-order chi connectivity index (χ1) is 14.6. The van der Waals surface area contributed by atoms with Crippen LogP contribution < -0.4 is 10.3 Å². The topological polar surface area (TPSA) is 47.4 Å². The summed E-state index contributed by atoms with van der Waals surface area (Å²) in [5.41, 5.74) is 2.72. The maximum absolute atomic E-state index is 12.9. The number of aromatic nitrogens is 2. The SMILES string of the molecule is CN1CCc2c(sc3cc(-n4ccc(OCc5ccc(F)cn5)cc4=O)ccc23)C1.Cl. The molecule has 5 rings (SSSR count). The van der Waals surface area contributed by atoms with Crippen LogP contribution in [0, 0.1) is 5.82 Å². The van der Waals surface area contributed by atoms with E-state index < -0.39 is 5.82 Å². The van der Waals surface area contributed by atoms with Gasteiger partial charge < -0.3 is 9.64 Å². The minimum Gasteiger partial charge on any atom is -0.487 e. The molecule has 0 N–H and O–H groups in total. The van der Waals surface area contributed by atoms with Crippen LogP contribution in [0.3, 0.4) is 0 Å². The van der Waals surface area contributed by atoms with Crippen molar-refractivity contribution >= 4 is 33.8 Å². The highest BCUT2D eigenvalue weighted by Gasteiger charge is 2.19. The Balaban J connectivity index is 0.00000231. The van der Waals surface area contributed by atoms with Crippen molar-refractivity contribution in [3.8, 4) is 11.4 Å². The Morgan fingerprint density at radius 3 is 2.84 bits per heavy atom. The van der Waals surface area contributed by atoms with Crippen molar-refractivity contribution in [3.05, 3.63) is 87.2 Å². The van der Waals surface area contributed by atoms with Crippen LogP contribution in [0.2, 0.25) is 0 Å². The molecule has 0 radical (unpaired) electrons. The zero-order valence-corrected chi connectivity index (χ0v) is 18.5. The molecule has 4 heterocycles. The molecule has 3 aromatic heterocycles. The summed E-state index contributed by atoms with van der Waals surface area (Å²) in [5.74, 6) is 0.0648. The minimum absolute atomic E-state index is 0. The summed E-state index contributed by atoms with van der Waals surface area (Å²) in [6.07, 6.45) is 3.94. The van der Waals surface area contributed by atoms with Crippen molar-refractivity contribution in [3.63, 3.8) is 0 Å². The van der Waals surface area contributed by atoms with E-state index in [0.29, 0.717) is 11.4 Å². The number of pyridine rings is 2. The number of hydrogen-bond donors (Lipinski definition) is 0.